The van der Waals surface area contributed by atoms with E-state index in [2.05, 4.69) is 28.4 Å². The largest absolute Gasteiger partial charge is 0.422 e. The van der Waals surface area contributed by atoms with Crippen molar-refractivity contribution >= 4 is 45.0 Å². The van der Waals surface area contributed by atoms with Gasteiger partial charge in [0.25, 0.3) is 0 Å². The van der Waals surface area contributed by atoms with Crippen molar-refractivity contribution in [2.45, 2.75) is 20.3 Å². The number of anilines is 3. The predicted molar refractivity (Wildman–Crippen MR) is 150 cm³/mol. The molecule has 1 N–H and O–H groups in total. The predicted octanol–water partition coefficient (Wildman–Crippen LogP) is 4.48. The third kappa shape index (κ3) is 4.52. The van der Waals surface area contributed by atoms with Crippen LogP contribution in [-0.4, -0.2) is 51.8 Å². The molecule has 0 atom stereocenters. The van der Waals surface area contributed by atoms with Crippen LogP contribution in [0, 0.1) is 0 Å². The monoisotopic (exact) mass is 524 g/mol. The number of aryl methyl sites for hydroxylation is 2. The van der Waals surface area contributed by atoms with Crippen LogP contribution in [0.25, 0.3) is 33.1 Å². The van der Waals surface area contributed by atoms with E-state index >= 15 is 0 Å². The maximum atomic E-state index is 12.9. The quantitative estimate of drug-likeness (QED) is 0.253. The van der Waals surface area contributed by atoms with E-state index in [-0.39, 0.29) is 11.3 Å². The molecule has 0 spiro atoms. The molecular weight excluding hydrogens is 496 g/mol. The summed E-state index contributed by atoms with van der Waals surface area (Å²) < 4.78 is 13.0. The molecule has 1 aliphatic heterocycles. The van der Waals surface area contributed by atoms with E-state index in [9.17, 15) is 9.59 Å². The molecule has 10 heteroatoms. The molecule has 6 rings (SSSR count). The van der Waals surface area contributed by atoms with Crippen LogP contribution < -0.4 is 15.8 Å². The lowest BCUT2D eigenvalue weighted by Gasteiger charge is -2.30. The minimum atomic E-state index is -0.649. The lowest BCUT2D eigenvalue weighted by molar-refractivity contribution is 0.101. The first-order valence-electron chi connectivity index (χ1n) is 12.9. The number of nitrogens with one attached hydrogen (secondary N) is 1. The molecule has 0 amide bonds. The lowest BCUT2D eigenvalue weighted by Crippen LogP contribution is -2.38. The summed E-state index contributed by atoms with van der Waals surface area (Å²) in [6.07, 6.45) is 2.59. The molecule has 0 radical (unpaired) electrons. The minimum absolute atomic E-state index is 0.0676. The molecular formula is C29H28N6O4. The number of fused-ring (bicyclic) bond motifs is 2. The first-order valence-corrected chi connectivity index (χ1v) is 12.9. The second kappa shape index (κ2) is 9.95. The zero-order valence-electron chi connectivity index (χ0n) is 22.0. The normalized spacial score (nSPS) is 13.8. The van der Waals surface area contributed by atoms with Crippen LogP contribution in [0.1, 0.15) is 29.9 Å². The Morgan fingerprint density at radius 1 is 1.08 bits per heavy atom. The second-order valence-electron chi connectivity index (χ2n) is 9.53. The highest BCUT2D eigenvalue weighted by molar-refractivity contribution is 6.07. The number of carbonyl (C=O) groups is 1. The number of nitrogens with zero attached hydrogens (tertiary/aromatic N) is 5. The maximum absolute atomic E-state index is 12.9. The zero-order chi connectivity index (χ0) is 27.1. The number of hydrogen-bond acceptors (Lipinski definition) is 9. The summed E-state index contributed by atoms with van der Waals surface area (Å²) in [5.74, 6) is 0.0834. The highest BCUT2D eigenvalue weighted by Gasteiger charge is 2.24. The van der Waals surface area contributed by atoms with Gasteiger partial charge in [0, 0.05) is 60.1 Å². The van der Waals surface area contributed by atoms with Crippen LogP contribution in [0.5, 0.6) is 0 Å². The van der Waals surface area contributed by atoms with Crippen molar-refractivity contribution in [2.24, 2.45) is 7.05 Å². The van der Waals surface area contributed by atoms with E-state index in [4.69, 9.17) is 14.1 Å². The first-order chi connectivity index (χ1) is 18.9. The number of ether oxygens (including phenoxy) is 1. The van der Waals surface area contributed by atoms with Crippen molar-refractivity contribution in [1.29, 1.82) is 0 Å². The van der Waals surface area contributed by atoms with E-state index in [1.165, 1.54) is 12.6 Å². The van der Waals surface area contributed by atoms with Crippen molar-refractivity contribution in [3.05, 3.63) is 70.3 Å². The summed E-state index contributed by atoms with van der Waals surface area (Å²) in [4.78, 5) is 36.4. The Morgan fingerprint density at radius 3 is 2.67 bits per heavy atom. The van der Waals surface area contributed by atoms with Crippen LogP contribution in [0.3, 0.4) is 0 Å². The van der Waals surface area contributed by atoms with Gasteiger partial charge in [0.1, 0.15) is 11.1 Å². The second-order valence-corrected chi connectivity index (χ2v) is 9.53. The first kappa shape index (κ1) is 24.7. The van der Waals surface area contributed by atoms with E-state index in [1.807, 2.05) is 47.0 Å². The average Bonchev–Trinajstić information content (AvgIpc) is 3.26. The standard InChI is InChI=1S/C29H28N6O4/c1-4-24-21-15-18(5-8-23(21)33-34(24)3)22-9-10-30-29(32-22)31-19-6-7-20-25(16-19)39-28(37)26(17(2)36)27(20)35-11-13-38-14-12-35/h5-10,15-16H,4,11-14H2,1-3H3,(H,30,31,32). The van der Waals surface area contributed by atoms with Crippen molar-refractivity contribution < 1.29 is 13.9 Å². The van der Waals surface area contributed by atoms with Gasteiger partial charge in [-0.25, -0.2) is 14.8 Å². The number of benzene rings is 2. The summed E-state index contributed by atoms with van der Waals surface area (Å²) in [5, 5.41) is 9.61. The molecule has 39 heavy (non-hydrogen) atoms. The van der Waals surface area contributed by atoms with Gasteiger partial charge in [0.15, 0.2) is 5.78 Å². The van der Waals surface area contributed by atoms with Gasteiger partial charge in [0.05, 0.1) is 30.1 Å². The summed E-state index contributed by atoms with van der Waals surface area (Å²) in [6.45, 7) is 5.73. The molecule has 5 aromatic rings. The Kier molecular flexibility index (Phi) is 6.32. The summed E-state index contributed by atoms with van der Waals surface area (Å²) in [5.41, 5.74) is 4.90. The molecule has 3 aromatic heterocycles. The summed E-state index contributed by atoms with van der Waals surface area (Å²) in [7, 11) is 1.96. The van der Waals surface area contributed by atoms with Gasteiger partial charge in [-0.15, -0.1) is 0 Å². The average molecular weight is 525 g/mol. The van der Waals surface area contributed by atoms with Crippen LogP contribution in [0.4, 0.5) is 17.3 Å². The maximum Gasteiger partial charge on any atom is 0.349 e. The van der Waals surface area contributed by atoms with Crippen LogP contribution in [0.15, 0.2) is 57.9 Å². The van der Waals surface area contributed by atoms with Gasteiger partial charge in [0.2, 0.25) is 5.95 Å². The SMILES string of the molecule is CCc1c2cc(-c3ccnc(Nc4ccc5c(N6CCOCC6)c(C(C)=O)c(=O)oc5c4)n3)ccc2nn1C. The third-order valence-electron chi connectivity index (χ3n) is 7.06. The van der Waals surface area contributed by atoms with Crippen molar-refractivity contribution in [2.75, 3.05) is 36.5 Å². The highest BCUT2D eigenvalue weighted by Crippen LogP contribution is 2.32. The molecule has 10 nitrogen and oxygen atoms in total. The van der Waals surface area contributed by atoms with Gasteiger partial charge >= 0.3 is 5.63 Å². The summed E-state index contributed by atoms with van der Waals surface area (Å²) >= 11 is 0. The Bertz CT molecular complexity index is 1780. The summed E-state index contributed by atoms with van der Waals surface area (Å²) in [6, 6.07) is 13.4. The molecule has 1 aliphatic rings. The number of aromatic nitrogens is 4. The molecule has 4 heterocycles. The Morgan fingerprint density at radius 2 is 1.90 bits per heavy atom. The van der Waals surface area contributed by atoms with E-state index in [0.717, 1.165) is 28.6 Å². The minimum Gasteiger partial charge on any atom is -0.422 e. The van der Waals surface area contributed by atoms with E-state index < -0.39 is 5.63 Å². The number of carbonyl (C=O) groups excluding carboxylic acids is 1. The number of morpholine rings is 1. The molecule has 0 bridgehead atoms. The molecule has 0 saturated carbocycles. The van der Waals surface area contributed by atoms with Gasteiger partial charge < -0.3 is 19.4 Å². The molecule has 1 saturated heterocycles. The van der Waals surface area contributed by atoms with Crippen molar-refractivity contribution in [3.8, 4) is 11.3 Å². The van der Waals surface area contributed by atoms with Crippen LogP contribution in [-0.2, 0) is 18.2 Å². The fourth-order valence-corrected chi connectivity index (χ4v) is 5.23. The molecule has 0 aliphatic carbocycles. The molecule has 198 valence electrons. The Labute approximate surface area is 224 Å². The van der Waals surface area contributed by atoms with Gasteiger partial charge in [-0.1, -0.05) is 13.0 Å². The van der Waals surface area contributed by atoms with Gasteiger partial charge in [-0.3, -0.25) is 9.48 Å². The third-order valence-corrected chi connectivity index (χ3v) is 7.06. The van der Waals surface area contributed by atoms with E-state index in [1.54, 1.807) is 12.3 Å². The molecule has 2 aromatic carbocycles. The Hall–Kier alpha value is -4.57. The topological polar surface area (TPSA) is 115 Å². The van der Waals surface area contributed by atoms with Crippen molar-refractivity contribution in [3.63, 3.8) is 0 Å². The fraction of sp³-hybridized carbons (Fsp3) is 0.276. The number of rotatable bonds is 6. The zero-order valence-corrected chi connectivity index (χ0v) is 22.0. The molecule has 0 unspecified atom stereocenters. The van der Waals surface area contributed by atoms with Crippen LogP contribution in [0.2, 0.25) is 0 Å². The smallest absolute Gasteiger partial charge is 0.349 e. The molecule has 1 fully saturated rings. The Balaban J connectivity index is 1.35. The van der Waals surface area contributed by atoms with Crippen LogP contribution >= 0.6 is 0 Å². The lowest BCUT2D eigenvalue weighted by atomic mass is 10.1. The number of ketones is 1. The van der Waals surface area contributed by atoms with E-state index in [0.29, 0.717) is 54.6 Å². The fourth-order valence-electron chi connectivity index (χ4n) is 5.23. The number of hydrogen-bond donors (Lipinski definition) is 1. The van der Waals surface area contributed by atoms with Gasteiger partial charge in [-0.2, -0.15) is 5.10 Å². The number of Topliss-reactive ketones (excluding diaryl/α,β-unsaturated/α-hetero) is 1. The van der Waals surface area contributed by atoms with Crippen molar-refractivity contribution in [1.82, 2.24) is 19.7 Å². The highest BCUT2D eigenvalue weighted by atomic mass is 16.5. The van der Waals surface area contributed by atoms with Gasteiger partial charge in [-0.05, 0) is 43.7 Å².